The highest BCUT2D eigenvalue weighted by molar-refractivity contribution is 8.15. The van der Waals surface area contributed by atoms with E-state index in [4.69, 9.17) is 18.9 Å². The molecule has 1 unspecified atom stereocenters. The quantitative estimate of drug-likeness (QED) is 0.127. The van der Waals surface area contributed by atoms with Crippen molar-refractivity contribution in [1.82, 2.24) is 10.7 Å². The topological polar surface area (TPSA) is 145 Å². The van der Waals surface area contributed by atoms with Gasteiger partial charge in [-0.1, -0.05) is 25.6 Å². The maximum absolute atomic E-state index is 15.6. The molecule has 0 bridgehead atoms. The summed E-state index contributed by atoms with van der Waals surface area (Å²) in [5, 5.41) is 5.87. The number of amides is 3. The normalized spacial score (nSPS) is 16.5. The molecule has 0 radical (unpaired) electrons. The molecule has 42 heavy (non-hydrogen) atoms. The number of thioether (sulfide) groups is 1. The monoisotopic (exact) mass is 612 g/mol. The number of hydrogen-bond donors (Lipinski definition) is 2. The van der Waals surface area contributed by atoms with Gasteiger partial charge in [0.15, 0.2) is 0 Å². The van der Waals surface area contributed by atoms with Crippen molar-refractivity contribution in [2.24, 2.45) is 11.0 Å². The van der Waals surface area contributed by atoms with Crippen molar-refractivity contribution in [3.05, 3.63) is 29.6 Å². The summed E-state index contributed by atoms with van der Waals surface area (Å²) in [7, 11) is 0. The highest BCUT2D eigenvalue weighted by atomic mass is 32.2. The fourth-order valence-electron chi connectivity index (χ4n) is 3.54. The smallest absolute Gasteiger partial charge is 0.428 e. The van der Waals surface area contributed by atoms with Gasteiger partial charge in [-0.3, -0.25) is 9.69 Å². The molecule has 14 heteroatoms. The van der Waals surface area contributed by atoms with Crippen LogP contribution in [0.25, 0.3) is 0 Å². The number of ether oxygens (including phenoxy) is 4. The van der Waals surface area contributed by atoms with E-state index in [2.05, 4.69) is 15.8 Å². The third-order valence-electron chi connectivity index (χ3n) is 5.25. The number of halogens is 1. The summed E-state index contributed by atoms with van der Waals surface area (Å²) < 4.78 is 36.5. The summed E-state index contributed by atoms with van der Waals surface area (Å²) in [5.74, 6) is -1.49. The first-order valence-corrected chi connectivity index (χ1v) is 14.4. The van der Waals surface area contributed by atoms with Crippen molar-refractivity contribution in [3.63, 3.8) is 0 Å². The van der Waals surface area contributed by atoms with Gasteiger partial charge >= 0.3 is 24.2 Å². The summed E-state index contributed by atoms with van der Waals surface area (Å²) in [6.45, 7) is 15.7. The Labute approximate surface area is 250 Å². The van der Waals surface area contributed by atoms with E-state index in [0.717, 1.165) is 17.8 Å². The lowest BCUT2D eigenvalue weighted by atomic mass is 10.1. The van der Waals surface area contributed by atoms with Crippen LogP contribution in [0.2, 0.25) is 0 Å². The first kappa shape index (κ1) is 34.7. The van der Waals surface area contributed by atoms with Crippen LogP contribution in [-0.2, 0) is 23.7 Å². The predicted octanol–water partition coefficient (Wildman–Crippen LogP) is 5.18. The number of hydrazone groups is 1. The average Bonchev–Trinajstić information content (AvgIpc) is 3.21. The van der Waals surface area contributed by atoms with Crippen LogP contribution < -0.4 is 15.6 Å². The van der Waals surface area contributed by atoms with Crippen LogP contribution in [0.5, 0.6) is 0 Å². The number of benzene rings is 1. The number of anilines is 1. The zero-order chi connectivity index (χ0) is 31.8. The molecule has 2 rings (SSSR count). The van der Waals surface area contributed by atoms with Gasteiger partial charge in [-0.25, -0.2) is 24.2 Å². The first-order valence-electron chi connectivity index (χ1n) is 13.5. The van der Waals surface area contributed by atoms with Crippen LogP contribution >= 0.6 is 11.8 Å². The molecule has 1 aliphatic rings. The van der Waals surface area contributed by atoms with E-state index in [1.54, 1.807) is 62.3 Å². The predicted molar refractivity (Wildman–Crippen MR) is 157 cm³/mol. The Kier molecular flexibility index (Phi) is 12.0. The zero-order valence-corrected chi connectivity index (χ0v) is 26.3. The molecule has 12 nitrogen and oxygen atoms in total. The standard InChI is InChI=1S/C28H41FN4O8S/c1-10-38-23(34)21(16(2)3)42-22(31-32-25(36)41-28(7,8)9)19-12-11-17(13-20(19)29)33-15-18(39-26(33)37)14-30-24(35)40-27(4,5)6/h11-13,16,18,21H,10,14-15H2,1-9H3,(H,30,35)(H,32,36)/b31-22-/t18-,21?/m0/s1. The lowest BCUT2D eigenvalue weighted by Gasteiger charge is -2.21. The summed E-state index contributed by atoms with van der Waals surface area (Å²) in [5.41, 5.74) is 0.960. The Morgan fingerprint density at radius 3 is 2.29 bits per heavy atom. The molecular formula is C28H41FN4O8S. The average molecular weight is 613 g/mol. The highest BCUT2D eigenvalue weighted by Gasteiger charge is 2.34. The van der Waals surface area contributed by atoms with Gasteiger partial charge in [0.25, 0.3) is 0 Å². The molecule has 1 saturated heterocycles. The Hall–Kier alpha value is -3.55. The third kappa shape index (κ3) is 11.0. The molecule has 1 heterocycles. The van der Waals surface area contributed by atoms with Crippen LogP contribution in [0.4, 0.5) is 24.5 Å². The van der Waals surface area contributed by atoms with Gasteiger partial charge in [0.1, 0.15) is 33.4 Å². The van der Waals surface area contributed by atoms with E-state index in [9.17, 15) is 19.2 Å². The minimum atomic E-state index is -0.860. The van der Waals surface area contributed by atoms with Gasteiger partial charge in [0.2, 0.25) is 0 Å². The molecule has 0 aromatic heterocycles. The Morgan fingerprint density at radius 1 is 1.12 bits per heavy atom. The van der Waals surface area contributed by atoms with Gasteiger partial charge in [-0.2, -0.15) is 5.10 Å². The van der Waals surface area contributed by atoms with E-state index in [-0.39, 0.29) is 41.9 Å². The lowest BCUT2D eigenvalue weighted by molar-refractivity contribution is -0.143. The molecule has 0 saturated carbocycles. The zero-order valence-electron chi connectivity index (χ0n) is 25.5. The number of carbonyl (C=O) groups excluding carboxylic acids is 4. The van der Waals surface area contributed by atoms with E-state index < -0.39 is 52.6 Å². The van der Waals surface area contributed by atoms with Crippen molar-refractivity contribution >= 4 is 46.7 Å². The van der Waals surface area contributed by atoms with Gasteiger partial charge in [-0.05, 0) is 72.6 Å². The molecule has 2 atom stereocenters. The fraction of sp³-hybridized carbons (Fsp3) is 0.607. The Balaban J connectivity index is 2.28. The summed E-state index contributed by atoms with van der Waals surface area (Å²) in [6, 6.07) is 4.00. The number of carbonyl (C=O) groups is 4. The van der Waals surface area contributed by atoms with Crippen LogP contribution in [0.1, 0.15) is 67.9 Å². The fourth-order valence-corrected chi connectivity index (χ4v) is 4.61. The molecule has 3 amide bonds. The number of cyclic esters (lactones) is 1. The van der Waals surface area contributed by atoms with Gasteiger partial charge < -0.3 is 24.3 Å². The number of nitrogens with zero attached hydrogens (tertiary/aromatic N) is 2. The maximum atomic E-state index is 15.6. The SMILES string of the molecule is CCOC(=O)C(S/C(=N\NC(=O)OC(C)(C)C)c1ccc(N2C[C@H](CNC(=O)OC(C)(C)C)OC2=O)cc1F)C(C)C. The van der Waals surface area contributed by atoms with Crippen molar-refractivity contribution < 1.29 is 42.5 Å². The molecule has 0 aliphatic carbocycles. The third-order valence-corrected chi connectivity index (χ3v) is 6.78. The lowest BCUT2D eigenvalue weighted by Crippen LogP contribution is -2.38. The van der Waals surface area contributed by atoms with Crippen LogP contribution in [0.3, 0.4) is 0 Å². The molecule has 2 N–H and O–H groups in total. The van der Waals surface area contributed by atoms with Gasteiger partial charge in [0.05, 0.1) is 25.4 Å². The van der Waals surface area contributed by atoms with Crippen LogP contribution in [0, 0.1) is 11.7 Å². The summed E-state index contributed by atoms with van der Waals surface area (Å²) >= 11 is 0.933. The Morgan fingerprint density at radius 2 is 1.74 bits per heavy atom. The molecule has 0 spiro atoms. The highest BCUT2D eigenvalue weighted by Crippen LogP contribution is 2.30. The maximum Gasteiger partial charge on any atom is 0.428 e. The summed E-state index contributed by atoms with van der Waals surface area (Å²) in [6.07, 6.45) is -2.91. The second-order valence-corrected chi connectivity index (χ2v) is 12.9. The number of nitrogens with one attached hydrogen (secondary N) is 2. The first-order chi connectivity index (χ1) is 19.4. The van der Waals surface area contributed by atoms with E-state index in [0.29, 0.717) is 0 Å². The summed E-state index contributed by atoms with van der Waals surface area (Å²) in [4.78, 5) is 50.6. The number of alkyl carbamates (subject to hydrolysis) is 1. The number of esters is 1. The molecule has 234 valence electrons. The molecule has 1 aliphatic heterocycles. The molecule has 1 aromatic rings. The molecule has 1 aromatic carbocycles. The van der Waals surface area contributed by atoms with Crippen molar-refractivity contribution in [3.8, 4) is 0 Å². The second-order valence-electron chi connectivity index (χ2n) is 11.7. The van der Waals surface area contributed by atoms with Crippen molar-refractivity contribution in [2.75, 3.05) is 24.6 Å². The number of rotatable bonds is 9. The minimum Gasteiger partial charge on any atom is -0.465 e. The van der Waals surface area contributed by atoms with Crippen molar-refractivity contribution in [1.29, 1.82) is 0 Å². The molecular weight excluding hydrogens is 571 g/mol. The van der Waals surface area contributed by atoms with E-state index in [1.807, 2.05) is 0 Å². The number of hydrogen-bond acceptors (Lipinski definition) is 10. The second kappa shape index (κ2) is 14.6. The molecule has 1 fully saturated rings. The largest absolute Gasteiger partial charge is 0.465 e. The van der Waals surface area contributed by atoms with Gasteiger partial charge in [0, 0.05) is 5.56 Å². The van der Waals surface area contributed by atoms with Gasteiger partial charge in [-0.15, -0.1) is 0 Å². The Bertz CT molecular complexity index is 1180. The minimum absolute atomic E-state index is 0.0000907. The van der Waals surface area contributed by atoms with Crippen LogP contribution in [-0.4, -0.2) is 71.5 Å². The van der Waals surface area contributed by atoms with E-state index in [1.165, 1.54) is 17.0 Å². The van der Waals surface area contributed by atoms with Crippen LogP contribution in [0.15, 0.2) is 23.3 Å². The van der Waals surface area contributed by atoms with Crippen molar-refractivity contribution in [2.45, 2.75) is 84.9 Å². The van der Waals surface area contributed by atoms with E-state index >= 15 is 4.39 Å².